The Labute approximate surface area is 113 Å². The van der Waals surface area contributed by atoms with Crippen LogP contribution < -0.4 is 10.1 Å². The molecule has 0 bridgehead atoms. The average molecular weight is 276 g/mol. The number of halogens is 2. The molecule has 0 aliphatic rings. The van der Waals surface area contributed by atoms with E-state index in [1.54, 1.807) is 7.11 Å². The van der Waals surface area contributed by atoms with Gasteiger partial charge in [0.15, 0.2) is 0 Å². The van der Waals surface area contributed by atoms with Gasteiger partial charge in [-0.2, -0.15) is 0 Å². The molecule has 0 radical (unpaired) electrons. The molecule has 0 aliphatic heterocycles. The van der Waals surface area contributed by atoms with E-state index < -0.39 is 0 Å². The molecule has 1 rings (SSSR count). The molecule has 96 valence electrons. The van der Waals surface area contributed by atoms with E-state index in [0.29, 0.717) is 11.8 Å². The van der Waals surface area contributed by atoms with Gasteiger partial charge in [-0.3, -0.25) is 0 Å². The smallest absolute Gasteiger partial charge is 0.119 e. The van der Waals surface area contributed by atoms with E-state index in [-0.39, 0.29) is 5.54 Å². The lowest BCUT2D eigenvalue weighted by molar-refractivity contribution is 0.383. The molecule has 0 heterocycles. The molecule has 0 aromatic heterocycles. The summed E-state index contributed by atoms with van der Waals surface area (Å²) < 4.78 is 5.19. The molecule has 0 amide bonds. The highest BCUT2D eigenvalue weighted by Gasteiger charge is 2.25. The molecule has 0 fully saturated rings. The van der Waals surface area contributed by atoms with E-state index >= 15 is 0 Å². The van der Waals surface area contributed by atoms with Gasteiger partial charge in [-0.1, -0.05) is 19.1 Å². The van der Waals surface area contributed by atoms with E-state index in [2.05, 4.69) is 18.3 Å². The second-order valence-electron chi connectivity index (χ2n) is 4.11. The molecule has 0 aliphatic carbocycles. The lowest BCUT2D eigenvalue weighted by Gasteiger charge is -2.29. The lowest BCUT2D eigenvalue weighted by Crippen LogP contribution is -2.47. The van der Waals surface area contributed by atoms with Crippen LogP contribution in [0.15, 0.2) is 24.3 Å². The summed E-state index contributed by atoms with van der Waals surface area (Å²) in [5.41, 5.74) is 0.976. The monoisotopic (exact) mass is 275 g/mol. The molecule has 1 N–H and O–H groups in total. The van der Waals surface area contributed by atoms with Crippen molar-refractivity contribution in [1.29, 1.82) is 0 Å². The van der Waals surface area contributed by atoms with Gasteiger partial charge in [0.2, 0.25) is 0 Å². The van der Waals surface area contributed by atoms with Crippen molar-refractivity contribution < 1.29 is 4.74 Å². The quantitative estimate of drug-likeness (QED) is 0.770. The fraction of sp³-hybridized carbons (Fsp3) is 0.538. The summed E-state index contributed by atoms with van der Waals surface area (Å²) in [6, 6.07) is 7.97. The standard InChI is InChI=1S/C13H19Cl2NO/c1-3-13(9-14,10-15)16-8-11-5-4-6-12(7-11)17-2/h4-7,16H,3,8-10H2,1-2H3. The molecule has 1 aromatic carbocycles. The Morgan fingerprint density at radius 2 is 2.00 bits per heavy atom. The topological polar surface area (TPSA) is 21.3 Å². The number of rotatable bonds is 7. The highest BCUT2D eigenvalue weighted by atomic mass is 35.5. The van der Waals surface area contributed by atoms with Gasteiger partial charge in [0.1, 0.15) is 5.75 Å². The first-order chi connectivity index (χ1) is 8.19. The van der Waals surface area contributed by atoms with E-state index in [9.17, 15) is 0 Å². The largest absolute Gasteiger partial charge is 0.497 e. The summed E-state index contributed by atoms with van der Waals surface area (Å²) in [5, 5.41) is 3.43. The predicted octanol–water partition coefficient (Wildman–Crippen LogP) is 3.41. The molecule has 1 aromatic rings. The molecule has 0 spiro atoms. The lowest BCUT2D eigenvalue weighted by atomic mass is 10.0. The van der Waals surface area contributed by atoms with Gasteiger partial charge in [-0.25, -0.2) is 0 Å². The van der Waals surface area contributed by atoms with Crippen LogP contribution in [0, 0.1) is 0 Å². The van der Waals surface area contributed by atoms with Gasteiger partial charge in [0, 0.05) is 23.8 Å². The highest BCUT2D eigenvalue weighted by Crippen LogP contribution is 2.17. The maximum absolute atomic E-state index is 5.98. The van der Waals surface area contributed by atoms with Gasteiger partial charge in [-0.15, -0.1) is 23.2 Å². The Morgan fingerprint density at radius 1 is 1.29 bits per heavy atom. The molecule has 0 atom stereocenters. The molecule has 0 unspecified atom stereocenters. The first-order valence-corrected chi connectivity index (χ1v) is 6.76. The van der Waals surface area contributed by atoms with Gasteiger partial charge in [0.25, 0.3) is 0 Å². The van der Waals surface area contributed by atoms with E-state index in [1.165, 1.54) is 0 Å². The summed E-state index contributed by atoms with van der Waals surface area (Å²) in [4.78, 5) is 0. The van der Waals surface area contributed by atoms with Crippen molar-refractivity contribution in [1.82, 2.24) is 5.32 Å². The number of nitrogens with one attached hydrogen (secondary N) is 1. The van der Waals surface area contributed by atoms with E-state index in [0.717, 1.165) is 24.3 Å². The normalized spacial score (nSPS) is 11.5. The van der Waals surface area contributed by atoms with Crippen molar-refractivity contribution in [2.45, 2.75) is 25.4 Å². The van der Waals surface area contributed by atoms with Gasteiger partial charge >= 0.3 is 0 Å². The number of hydrogen-bond acceptors (Lipinski definition) is 2. The Kier molecular flexibility index (Phi) is 6.10. The molecular weight excluding hydrogens is 257 g/mol. The van der Waals surface area contributed by atoms with Crippen LogP contribution in [-0.4, -0.2) is 24.4 Å². The number of ether oxygens (including phenoxy) is 1. The number of benzene rings is 1. The minimum absolute atomic E-state index is 0.188. The first kappa shape index (κ1) is 14.6. The van der Waals surface area contributed by atoms with E-state index in [4.69, 9.17) is 27.9 Å². The summed E-state index contributed by atoms with van der Waals surface area (Å²) >= 11 is 12.0. The summed E-state index contributed by atoms with van der Waals surface area (Å²) in [6.45, 7) is 2.83. The zero-order valence-electron chi connectivity index (χ0n) is 10.3. The Bertz CT molecular complexity index is 332. The maximum Gasteiger partial charge on any atom is 0.119 e. The van der Waals surface area contributed by atoms with Crippen LogP contribution in [-0.2, 0) is 6.54 Å². The predicted molar refractivity (Wildman–Crippen MR) is 74.3 cm³/mol. The summed E-state index contributed by atoms with van der Waals surface area (Å²) in [6.07, 6.45) is 0.907. The fourth-order valence-electron chi connectivity index (χ4n) is 1.52. The van der Waals surface area contributed by atoms with Crippen LogP contribution in [0.2, 0.25) is 0 Å². The fourth-order valence-corrected chi connectivity index (χ4v) is 2.37. The Morgan fingerprint density at radius 3 is 2.53 bits per heavy atom. The summed E-state index contributed by atoms with van der Waals surface area (Å²) in [7, 11) is 1.67. The number of methoxy groups -OCH3 is 1. The SMILES string of the molecule is CCC(CCl)(CCl)NCc1cccc(OC)c1. The average Bonchev–Trinajstić information content (AvgIpc) is 2.41. The zero-order valence-corrected chi connectivity index (χ0v) is 11.8. The third kappa shape index (κ3) is 4.06. The van der Waals surface area contributed by atoms with Gasteiger partial charge in [-0.05, 0) is 24.1 Å². The van der Waals surface area contributed by atoms with Gasteiger partial charge < -0.3 is 10.1 Å². The van der Waals surface area contributed by atoms with Crippen LogP contribution in [0.25, 0.3) is 0 Å². The van der Waals surface area contributed by atoms with Crippen molar-refractivity contribution in [3.8, 4) is 5.75 Å². The van der Waals surface area contributed by atoms with Crippen LogP contribution >= 0.6 is 23.2 Å². The van der Waals surface area contributed by atoms with Crippen molar-refractivity contribution in [2.75, 3.05) is 18.9 Å². The molecular formula is C13H19Cl2NO. The summed E-state index contributed by atoms with van der Waals surface area (Å²) in [5.74, 6) is 1.89. The second kappa shape index (κ2) is 7.10. The Hall–Kier alpha value is -0.440. The minimum atomic E-state index is -0.188. The van der Waals surface area contributed by atoms with Crippen molar-refractivity contribution >= 4 is 23.2 Å². The third-order valence-electron chi connectivity index (χ3n) is 2.99. The van der Waals surface area contributed by atoms with Crippen molar-refractivity contribution in [2.24, 2.45) is 0 Å². The minimum Gasteiger partial charge on any atom is -0.497 e. The third-order valence-corrected chi connectivity index (χ3v) is 4.01. The molecule has 0 saturated heterocycles. The van der Waals surface area contributed by atoms with Gasteiger partial charge in [0.05, 0.1) is 7.11 Å². The molecule has 17 heavy (non-hydrogen) atoms. The Balaban J connectivity index is 2.65. The van der Waals surface area contributed by atoms with E-state index in [1.807, 2.05) is 18.2 Å². The first-order valence-electron chi connectivity index (χ1n) is 5.69. The number of hydrogen-bond donors (Lipinski definition) is 1. The van der Waals surface area contributed by atoms with Crippen LogP contribution in [0.1, 0.15) is 18.9 Å². The molecule has 4 heteroatoms. The molecule has 2 nitrogen and oxygen atoms in total. The number of alkyl halides is 2. The zero-order chi connectivity index (χ0) is 12.7. The molecule has 0 saturated carbocycles. The van der Waals surface area contributed by atoms with Crippen LogP contribution in [0.5, 0.6) is 5.75 Å². The van der Waals surface area contributed by atoms with Crippen molar-refractivity contribution in [3.63, 3.8) is 0 Å². The van der Waals surface area contributed by atoms with Crippen LogP contribution in [0.4, 0.5) is 0 Å². The second-order valence-corrected chi connectivity index (χ2v) is 4.64. The van der Waals surface area contributed by atoms with Crippen LogP contribution in [0.3, 0.4) is 0 Å². The van der Waals surface area contributed by atoms with Crippen molar-refractivity contribution in [3.05, 3.63) is 29.8 Å². The highest BCUT2D eigenvalue weighted by molar-refractivity contribution is 6.22. The maximum atomic E-state index is 5.98.